The van der Waals surface area contributed by atoms with Crippen LogP contribution in [0.1, 0.15) is 6.92 Å². The Morgan fingerprint density at radius 1 is 1.54 bits per heavy atom. The third-order valence-electron chi connectivity index (χ3n) is 1.95. The molecule has 0 amide bonds. The molecule has 4 heteroatoms. The number of halogens is 1. The molecule has 0 bridgehead atoms. The van der Waals surface area contributed by atoms with E-state index >= 15 is 0 Å². The zero-order valence-electron chi connectivity index (χ0n) is 7.08. The van der Waals surface area contributed by atoms with Gasteiger partial charge in [-0.2, -0.15) is 0 Å². The quantitative estimate of drug-likeness (QED) is 0.769. The second-order valence-electron chi connectivity index (χ2n) is 2.72. The number of fused-ring (bicyclic) bond motifs is 1. The van der Waals surface area contributed by atoms with Gasteiger partial charge in [0.15, 0.2) is 5.58 Å². The molecular formula is C9H8BrNO2. The molecule has 1 aromatic heterocycles. The number of hydrogen-bond donors (Lipinski definition) is 0. The zero-order valence-corrected chi connectivity index (χ0v) is 8.67. The zero-order chi connectivity index (χ0) is 9.42. The standard InChI is InChI=1S/C9H8BrNO2/c1-2-11-7-5-6(10)3-4-8(7)13-9(11)12/h3-5H,2H2,1H3. The highest BCUT2D eigenvalue weighted by Crippen LogP contribution is 2.18. The highest BCUT2D eigenvalue weighted by molar-refractivity contribution is 9.10. The number of nitrogens with zero attached hydrogens (tertiary/aromatic N) is 1. The van der Waals surface area contributed by atoms with Crippen LogP contribution in [0.25, 0.3) is 11.1 Å². The minimum absolute atomic E-state index is 0.296. The second-order valence-corrected chi connectivity index (χ2v) is 3.64. The van der Waals surface area contributed by atoms with Crippen LogP contribution in [0.2, 0.25) is 0 Å². The highest BCUT2D eigenvalue weighted by Gasteiger charge is 2.06. The van der Waals surface area contributed by atoms with Gasteiger partial charge in [0.2, 0.25) is 0 Å². The Balaban J connectivity index is 2.89. The Bertz CT molecular complexity index is 498. The lowest BCUT2D eigenvalue weighted by Gasteiger charge is -1.95. The molecule has 2 aromatic rings. The van der Waals surface area contributed by atoms with Gasteiger partial charge < -0.3 is 4.42 Å². The Hall–Kier alpha value is -1.03. The highest BCUT2D eigenvalue weighted by atomic mass is 79.9. The van der Waals surface area contributed by atoms with E-state index in [1.807, 2.05) is 19.1 Å². The largest absolute Gasteiger partial charge is 0.419 e. The molecule has 0 atom stereocenters. The predicted octanol–water partition coefficient (Wildman–Crippen LogP) is 2.38. The minimum atomic E-state index is -0.296. The maximum atomic E-state index is 11.3. The summed E-state index contributed by atoms with van der Waals surface area (Å²) in [6.07, 6.45) is 0. The predicted molar refractivity (Wildman–Crippen MR) is 53.8 cm³/mol. The summed E-state index contributed by atoms with van der Waals surface area (Å²) in [5.41, 5.74) is 1.47. The van der Waals surface area contributed by atoms with Crippen molar-refractivity contribution in [1.29, 1.82) is 0 Å². The molecule has 0 spiro atoms. The lowest BCUT2D eigenvalue weighted by molar-refractivity contribution is 0.513. The lowest BCUT2D eigenvalue weighted by atomic mass is 10.3. The van der Waals surface area contributed by atoms with E-state index in [2.05, 4.69) is 15.9 Å². The van der Waals surface area contributed by atoms with Crippen LogP contribution in [-0.4, -0.2) is 4.57 Å². The van der Waals surface area contributed by atoms with Gasteiger partial charge >= 0.3 is 5.76 Å². The second kappa shape index (κ2) is 3.03. The summed E-state index contributed by atoms with van der Waals surface area (Å²) in [4.78, 5) is 11.3. The summed E-state index contributed by atoms with van der Waals surface area (Å²) in [5.74, 6) is -0.296. The maximum Gasteiger partial charge on any atom is 0.419 e. The first-order chi connectivity index (χ1) is 6.22. The average molecular weight is 242 g/mol. The molecule has 0 aliphatic carbocycles. The van der Waals surface area contributed by atoms with Crippen LogP contribution in [-0.2, 0) is 6.54 Å². The fourth-order valence-electron chi connectivity index (χ4n) is 1.33. The van der Waals surface area contributed by atoms with E-state index in [1.165, 1.54) is 0 Å². The van der Waals surface area contributed by atoms with Gasteiger partial charge in [-0.25, -0.2) is 4.79 Å². The summed E-state index contributed by atoms with van der Waals surface area (Å²) >= 11 is 3.35. The van der Waals surface area contributed by atoms with Gasteiger partial charge in [-0.05, 0) is 25.1 Å². The van der Waals surface area contributed by atoms with Gasteiger partial charge in [-0.1, -0.05) is 15.9 Å². The van der Waals surface area contributed by atoms with E-state index in [4.69, 9.17) is 4.42 Å². The first kappa shape index (κ1) is 8.56. The van der Waals surface area contributed by atoms with Crippen LogP contribution >= 0.6 is 15.9 Å². The first-order valence-electron chi connectivity index (χ1n) is 4.01. The van der Waals surface area contributed by atoms with Gasteiger partial charge in [0.05, 0.1) is 5.52 Å². The molecule has 0 N–H and O–H groups in total. The van der Waals surface area contributed by atoms with Crippen molar-refractivity contribution in [1.82, 2.24) is 4.57 Å². The van der Waals surface area contributed by atoms with Crippen LogP contribution < -0.4 is 5.76 Å². The van der Waals surface area contributed by atoms with Gasteiger partial charge in [-0.15, -0.1) is 0 Å². The maximum absolute atomic E-state index is 11.3. The number of aryl methyl sites for hydroxylation is 1. The van der Waals surface area contributed by atoms with Gasteiger partial charge in [-0.3, -0.25) is 4.57 Å². The summed E-state index contributed by atoms with van der Waals surface area (Å²) < 4.78 is 7.58. The molecule has 1 aromatic carbocycles. The van der Waals surface area contributed by atoms with E-state index in [1.54, 1.807) is 10.6 Å². The average Bonchev–Trinajstić information content (AvgIpc) is 2.40. The summed E-state index contributed by atoms with van der Waals surface area (Å²) in [5, 5.41) is 0. The summed E-state index contributed by atoms with van der Waals surface area (Å²) in [6, 6.07) is 5.52. The molecule has 68 valence electrons. The minimum Gasteiger partial charge on any atom is -0.408 e. The molecule has 0 saturated carbocycles. The van der Waals surface area contributed by atoms with Crippen LogP contribution in [0, 0.1) is 0 Å². The third-order valence-corrected chi connectivity index (χ3v) is 2.44. The van der Waals surface area contributed by atoms with Crippen molar-refractivity contribution in [2.75, 3.05) is 0 Å². The van der Waals surface area contributed by atoms with Crippen molar-refractivity contribution < 1.29 is 4.42 Å². The van der Waals surface area contributed by atoms with E-state index in [0.717, 1.165) is 9.99 Å². The topological polar surface area (TPSA) is 35.1 Å². The monoisotopic (exact) mass is 241 g/mol. The number of oxazole rings is 1. The third kappa shape index (κ3) is 1.31. The molecule has 0 aliphatic rings. The molecule has 0 unspecified atom stereocenters. The Morgan fingerprint density at radius 3 is 3.00 bits per heavy atom. The smallest absolute Gasteiger partial charge is 0.408 e. The number of hydrogen-bond acceptors (Lipinski definition) is 2. The molecule has 0 radical (unpaired) electrons. The molecule has 0 fully saturated rings. The molecule has 0 saturated heterocycles. The Kier molecular flexibility index (Phi) is 2.00. The fraction of sp³-hybridized carbons (Fsp3) is 0.222. The van der Waals surface area contributed by atoms with Gasteiger partial charge in [0, 0.05) is 11.0 Å². The van der Waals surface area contributed by atoms with E-state index in [9.17, 15) is 4.79 Å². The molecule has 0 aliphatic heterocycles. The molecule has 3 nitrogen and oxygen atoms in total. The first-order valence-corrected chi connectivity index (χ1v) is 4.80. The molecule has 2 rings (SSSR count). The van der Waals surface area contributed by atoms with Crippen molar-refractivity contribution >= 4 is 27.0 Å². The van der Waals surface area contributed by atoms with Crippen molar-refractivity contribution in [2.24, 2.45) is 0 Å². The summed E-state index contributed by atoms with van der Waals surface area (Å²) in [6.45, 7) is 2.54. The van der Waals surface area contributed by atoms with Crippen molar-refractivity contribution in [3.05, 3.63) is 33.2 Å². The van der Waals surface area contributed by atoms with E-state index < -0.39 is 0 Å². The Labute approximate surface area is 83.1 Å². The normalized spacial score (nSPS) is 10.9. The van der Waals surface area contributed by atoms with Crippen molar-refractivity contribution in [2.45, 2.75) is 13.5 Å². The number of rotatable bonds is 1. The Morgan fingerprint density at radius 2 is 2.31 bits per heavy atom. The van der Waals surface area contributed by atoms with Crippen LogP contribution in [0.15, 0.2) is 31.9 Å². The van der Waals surface area contributed by atoms with Crippen molar-refractivity contribution in [3.63, 3.8) is 0 Å². The van der Waals surface area contributed by atoms with E-state index in [-0.39, 0.29) is 5.76 Å². The molecule has 13 heavy (non-hydrogen) atoms. The van der Waals surface area contributed by atoms with Crippen molar-refractivity contribution in [3.8, 4) is 0 Å². The molecule has 1 heterocycles. The fourth-order valence-corrected chi connectivity index (χ4v) is 1.68. The van der Waals surface area contributed by atoms with Gasteiger partial charge in [0.1, 0.15) is 0 Å². The number of benzene rings is 1. The number of aromatic nitrogens is 1. The van der Waals surface area contributed by atoms with Crippen LogP contribution in [0.5, 0.6) is 0 Å². The lowest BCUT2D eigenvalue weighted by Crippen LogP contribution is -2.11. The van der Waals surface area contributed by atoms with Crippen LogP contribution in [0.3, 0.4) is 0 Å². The van der Waals surface area contributed by atoms with Gasteiger partial charge in [0.25, 0.3) is 0 Å². The SMILES string of the molecule is CCn1c(=O)oc2ccc(Br)cc21. The van der Waals surface area contributed by atoms with E-state index in [0.29, 0.717) is 12.1 Å². The summed E-state index contributed by atoms with van der Waals surface area (Å²) in [7, 11) is 0. The molecular weight excluding hydrogens is 234 g/mol. The van der Waals surface area contributed by atoms with Crippen LogP contribution in [0.4, 0.5) is 0 Å².